The van der Waals surface area contributed by atoms with Crippen molar-refractivity contribution in [2.45, 2.75) is 38.7 Å². The van der Waals surface area contributed by atoms with Crippen LogP contribution in [0.3, 0.4) is 0 Å². The number of ether oxygens (including phenoxy) is 3. The van der Waals surface area contributed by atoms with Crippen LogP contribution in [0.1, 0.15) is 54.1 Å². The Hall–Kier alpha value is -4.87. The predicted octanol–water partition coefficient (Wildman–Crippen LogP) is 3.30. The second-order valence-corrected chi connectivity index (χ2v) is 9.73. The topological polar surface area (TPSA) is 179 Å². The van der Waals surface area contributed by atoms with Crippen molar-refractivity contribution in [3.63, 3.8) is 0 Å². The molecule has 2 aromatic carbocycles. The van der Waals surface area contributed by atoms with Gasteiger partial charge in [-0.05, 0) is 43.3 Å². The molecule has 0 unspecified atom stereocenters. The maximum absolute atomic E-state index is 13.3. The number of likely N-dealkylation sites (tertiary alicyclic amines) is 1. The van der Waals surface area contributed by atoms with Crippen LogP contribution in [0.5, 0.6) is 11.5 Å². The predicted molar refractivity (Wildman–Crippen MR) is 158 cm³/mol. The van der Waals surface area contributed by atoms with Crippen LogP contribution in [-0.4, -0.2) is 79.5 Å². The average molecular weight is 580 g/mol. The van der Waals surface area contributed by atoms with E-state index in [1.54, 1.807) is 37.3 Å². The summed E-state index contributed by atoms with van der Waals surface area (Å²) in [6, 6.07) is 9.27. The Labute approximate surface area is 244 Å². The van der Waals surface area contributed by atoms with Crippen molar-refractivity contribution < 1.29 is 33.7 Å². The number of amidine groups is 2. The van der Waals surface area contributed by atoms with Gasteiger partial charge < -0.3 is 34.9 Å². The van der Waals surface area contributed by atoms with E-state index >= 15 is 0 Å². The fourth-order valence-electron chi connectivity index (χ4n) is 4.48. The van der Waals surface area contributed by atoms with Gasteiger partial charge in [-0.15, -0.1) is 0 Å². The van der Waals surface area contributed by atoms with Crippen molar-refractivity contribution in [3.8, 4) is 11.5 Å². The van der Waals surface area contributed by atoms with E-state index in [0.29, 0.717) is 54.3 Å². The van der Waals surface area contributed by atoms with E-state index in [2.05, 4.69) is 4.74 Å². The lowest BCUT2D eigenvalue weighted by molar-refractivity contribution is -0.141. The minimum atomic E-state index is -0.636. The molecule has 0 spiro atoms. The summed E-state index contributed by atoms with van der Waals surface area (Å²) in [6.07, 6.45) is 4.16. The van der Waals surface area contributed by atoms with Crippen LogP contribution in [0.2, 0.25) is 0 Å². The number of nitrogens with two attached hydrogens (primary N) is 1. The van der Waals surface area contributed by atoms with Crippen molar-refractivity contribution in [2.75, 3.05) is 38.8 Å². The fraction of sp³-hybridized carbons (Fsp3) is 0.367. The van der Waals surface area contributed by atoms with Crippen LogP contribution >= 0.6 is 0 Å². The minimum absolute atomic E-state index is 0.0316. The molecule has 1 amide bonds. The molecule has 5 N–H and O–H groups in total. The third-order valence-corrected chi connectivity index (χ3v) is 6.89. The molecule has 1 fully saturated rings. The number of anilines is 1. The Morgan fingerprint density at radius 2 is 1.79 bits per heavy atom. The first-order valence-corrected chi connectivity index (χ1v) is 13.4. The number of benzene rings is 2. The molecule has 224 valence electrons. The molecule has 0 aromatic heterocycles. The van der Waals surface area contributed by atoms with Crippen molar-refractivity contribution in [2.24, 2.45) is 5.73 Å². The number of esters is 2. The van der Waals surface area contributed by atoms with Crippen molar-refractivity contribution in [1.82, 2.24) is 4.90 Å². The number of phenolic OH excluding ortho intramolecular Hbond substituents is 1. The molecule has 12 heteroatoms. The number of hydrogen-bond acceptors (Lipinski definition) is 9. The number of rotatable bonds is 11. The molecule has 3 rings (SSSR count). The number of carbonyl (C=O) groups excluding carboxylic acids is 3. The number of aromatic hydroxyl groups is 1. The molecular weight excluding hydrogens is 542 g/mol. The highest BCUT2D eigenvalue weighted by Gasteiger charge is 2.25. The van der Waals surface area contributed by atoms with E-state index in [-0.39, 0.29) is 42.6 Å². The van der Waals surface area contributed by atoms with Gasteiger partial charge in [0, 0.05) is 55.7 Å². The molecule has 1 heterocycles. The number of phenols is 1. The molecule has 0 aliphatic carbocycles. The van der Waals surface area contributed by atoms with Crippen LogP contribution in [-0.2, 0) is 19.1 Å². The first-order chi connectivity index (χ1) is 20.0. The van der Waals surface area contributed by atoms with E-state index in [1.165, 1.54) is 37.3 Å². The Balaban J connectivity index is 1.89. The Morgan fingerprint density at radius 3 is 2.40 bits per heavy atom. The monoisotopic (exact) mass is 579 g/mol. The number of nitrogens with one attached hydrogen (secondary N) is 2. The second-order valence-electron chi connectivity index (χ2n) is 9.73. The molecule has 1 aliphatic heterocycles. The third-order valence-electron chi connectivity index (χ3n) is 6.89. The van der Waals surface area contributed by atoms with Crippen LogP contribution in [0.15, 0.2) is 42.5 Å². The first kappa shape index (κ1) is 31.7. The average Bonchev–Trinajstić information content (AvgIpc) is 2.98. The summed E-state index contributed by atoms with van der Waals surface area (Å²) in [6.45, 7) is 3.12. The van der Waals surface area contributed by atoms with Gasteiger partial charge in [-0.25, -0.2) is 4.79 Å². The number of hydrogen-bond donors (Lipinski definition) is 4. The van der Waals surface area contributed by atoms with Gasteiger partial charge >= 0.3 is 11.9 Å². The maximum atomic E-state index is 13.3. The highest BCUT2D eigenvalue weighted by Crippen LogP contribution is 2.30. The maximum Gasteiger partial charge on any atom is 0.341 e. The van der Waals surface area contributed by atoms with Gasteiger partial charge in [-0.3, -0.25) is 20.4 Å². The van der Waals surface area contributed by atoms with Crippen LogP contribution in [0.25, 0.3) is 6.08 Å². The van der Waals surface area contributed by atoms with E-state index < -0.39 is 17.8 Å². The van der Waals surface area contributed by atoms with E-state index in [0.717, 1.165) is 0 Å². The lowest BCUT2D eigenvalue weighted by Gasteiger charge is -2.33. The SMILES string of the molecule is COC(=O)CCC(=O)N(CC=Cc1cc(C(=N)N)ccc1O)c1ccc(OC2CCN(C(C)=N)CC2)c(C(=O)OC)c1. The summed E-state index contributed by atoms with van der Waals surface area (Å²) >= 11 is 0. The summed E-state index contributed by atoms with van der Waals surface area (Å²) < 4.78 is 15.8. The molecule has 12 nitrogen and oxygen atoms in total. The van der Waals surface area contributed by atoms with Gasteiger partial charge in [0.25, 0.3) is 0 Å². The molecule has 0 atom stereocenters. The molecule has 0 radical (unpaired) electrons. The zero-order valence-corrected chi connectivity index (χ0v) is 24.0. The standard InChI is InChI=1S/C30H37N5O7/c1-19(31)34-15-12-23(13-16-34)42-26-9-7-22(18-24(26)30(39)41-3)35(27(37)10-11-28(38)40-2)14-4-5-20-17-21(29(32)33)6-8-25(20)36/h4-9,17-18,23,31,36H,10-16H2,1-3H3,(H3,32,33). The van der Waals surface area contributed by atoms with Gasteiger partial charge in [0.05, 0.1) is 26.5 Å². The van der Waals surface area contributed by atoms with Crippen molar-refractivity contribution in [1.29, 1.82) is 10.8 Å². The molecule has 1 saturated heterocycles. The summed E-state index contributed by atoms with van der Waals surface area (Å²) in [4.78, 5) is 41.1. The molecular formula is C30H37N5O7. The van der Waals surface area contributed by atoms with Crippen LogP contribution in [0.4, 0.5) is 5.69 Å². The van der Waals surface area contributed by atoms with Crippen molar-refractivity contribution in [3.05, 3.63) is 59.2 Å². The minimum Gasteiger partial charge on any atom is -0.507 e. The number of nitrogens with zero attached hydrogens (tertiary/aromatic N) is 2. The summed E-state index contributed by atoms with van der Waals surface area (Å²) in [5.41, 5.74) is 6.90. The fourth-order valence-corrected chi connectivity index (χ4v) is 4.48. The number of methoxy groups -OCH3 is 2. The van der Waals surface area contributed by atoms with E-state index in [1.807, 2.05) is 4.90 Å². The zero-order chi connectivity index (χ0) is 30.8. The summed E-state index contributed by atoms with van der Waals surface area (Å²) in [7, 11) is 2.50. The number of amides is 1. The molecule has 2 aromatic rings. The summed E-state index contributed by atoms with van der Waals surface area (Å²) in [5, 5.41) is 25.7. The van der Waals surface area contributed by atoms with Gasteiger partial charge in [-0.1, -0.05) is 12.2 Å². The third kappa shape index (κ3) is 8.32. The molecule has 0 saturated carbocycles. The van der Waals surface area contributed by atoms with Crippen molar-refractivity contribution >= 4 is 41.3 Å². The Kier molecular flexibility index (Phi) is 11.1. The zero-order valence-electron chi connectivity index (χ0n) is 24.0. The van der Waals surface area contributed by atoms with Crippen LogP contribution in [0, 0.1) is 10.8 Å². The Morgan fingerprint density at radius 1 is 1.07 bits per heavy atom. The number of carbonyl (C=O) groups is 3. The molecule has 42 heavy (non-hydrogen) atoms. The highest BCUT2D eigenvalue weighted by molar-refractivity contribution is 5.99. The summed E-state index contributed by atoms with van der Waals surface area (Å²) in [5.74, 6) is -0.935. The lowest BCUT2D eigenvalue weighted by atomic mass is 10.1. The Bertz CT molecular complexity index is 1370. The van der Waals surface area contributed by atoms with E-state index in [9.17, 15) is 19.5 Å². The number of piperidine rings is 1. The largest absolute Gasteiger partial charge is 0.507 e. The lowest BCUT2D eigenvalue weighted by Crippen LogP contribution is -2.40. The van der Waals surface area contributed by atoms with Gasteiger partial charge in [0.1, 0.15) is 29.0 Å². The van der Waals surface area contributed by atoms with Crippen LogP contribution < -0.4 is 15.4 Å². The second kappa shape index (κ2) is 14.7. The van der Waals surface area contributed by atoms with Gasteiger partial charge in [0.15, 0.2) is 0 Å². The smallest absolute Gasteiger partial charge is 0.341 e. The molecule has 1 aliphatic rings. The quantitative estimate of drug-likeness (QED) is 0.176. The van der Waals surface area contributed by atoms with E-state index in [4.69, 9.17) is 26.0 Å². The normalized spacial score (nSPS) is 13.5. The number of nitrogen functional groups attached to an aromatic ring is 1. The highest BCUT2D eigenvalue weighted by atomic mass is 16.5. The van der Waals surface area contributed by atoms with Gasteiger partial charge in [0.2, 0.25) is 5.91 Å². The first-order valence-electron chi connectivity index (χ1n) is 13.4. The van der Waals surface area contributed by atoms with Gasteiger partial charge in [-0.2, -0.15) is 0 Å². The molecule has 0 bridgehead atoms.